The molecule has 29 heavy (non-hydrogen) atoms. The van der Waals surface area contributed by atoms with Gasteiger partial charge >= 0.3 is 17.9 Å². The SMILES string of the molecule is CCOC(=O)C[C@H](C(=O)OCC)[C@@H](NC(=O)c1cccc2ccccc12)C(=O)O. The summed E-state index contributed by atoms with van der Waals surface area (Å²) >= 11 is 0. The Kier molecular flexibility index (Phi) is 7.70. The van der Waals surface area contributed by atoms with Crippen LogP contribution in [0.3, 0.4) is 0 Å². The quantitative estimate of drug-likeness (QED) is 0.618. The fourth-order valence-corrected chi connectivity index (χ4v) is 2.96. The molecule has 0 saturated carbocycles. The van der Waals surface area contributed by atoms with Gasteiger partial charge < -0.3 is 19.9 Å². The van der Waals surface area contributed by atoms with Crippen molar-refractivity contribution in [2.24, 2.45) is 5.92 Å². The van der Waals surface area contributed by atoms with Crippen molar-refractivity contribution >= 4 is 34.6 Å². The molecule has 0 heterocycles. The molecular formula is C21H23NO7. The van der Waals surface area contributed by atoms with E-state index >= 15 is 0 Å². The van der Waals surface area contributed by atoms with Crippen molar-refractivity contribution in [1.29, 1.82) is 0 Å². The highest BCUT2D eigenvalue weighted by molar-refractivity contribution is 6.08. The van der Waals surface area contributed by atoms with Crippen molar-refractivity contribution in [2.45, 2.75) is 26.3 Å². The fourth-order valence-electron chi connectivity index (χ4n) is 2.96. The Balaban J connectivity index is 2.33. The van der Waals surface area contributed by atoms with E-state index in [2.05, 4.69) is 5.32 Å². The van der Waals surface area contributed by atoms with Gasteiger partial charge in [0, 0.05) is 5.56 Å². The zero-order valence-corrected chi connectivity index (χ0v) is 16.2. The van der Waals surface area contributed by atoms with E-state index in [0.29, 0.717) is 5.39 Å². The van der Waals surface area contributed by atoms with Crippen molar-refractivity contribution in [3.8, 4) is 0 Å². The second kappa shape index (κ2) is 10.2. The van der Waals surface area contributed by atoms with Gasteiger partial charge in [-0.25, -0.2) is 4.79 Å². The summed E-state index contributed by atoms with van der Waals surface area (Å²) in [6.07, 6.45) is -0.528. The number of carboxylic acid groups (broad SMARTS) is 1. The minimum atomic E-state index is -1.66. The summed E-state index contributed by atoms with van der Waals surface area (Å²) in [5, 5.41) is 13.4. The fraction of sp³-hybridized carbons (Fsp3) is 0.333. The molecule has 0 aliphatic heterocycles. The maximum Gasteiger partial charge on any atom is 0.327 e. The molecule has 0 unspecified atom stereocenters. The Morgan fingerprint density at radius 3 is 2.28 bits per heavy atom. The largest absolute Gasteiger partial charge is 0.480 e. The third-order valence-electron chi connectivity index (χ3n) is 4.27. The Morgan fingerprint density at radius 1 is 0.966 bits per heavy atom. The summed E-state index contributed by atoms with van der Waals surface area (Å²) in [5.41, 5.74) is 0.257. The number of hydrogen-bond donors (Lipinski definition) is 2. The molecule has 0 radical (unpaired) electrons. The summed E-state index contributed by atoms with van der Waals surface area (Å²) in [7, 11) is 0. The summed E-state index contributed by atoms with van der Waals surface area (Å²) < 4.78 is 9.74. The van der Waals surface area contributed by atoms with E-state index in [4.69, 9.17) is 9.47 Å². The summed E-state index contributed by atoms with van der Waals surface area (Å²) in [5.74, 6) is -5.21. The standard InChI is InChI=1S/C21H23NO7/c1-3-28-17(23)12-16(21(27)29-4-2)18(20(25)26)22-19(24)15-11-7-9-13-8-5-6-10-14(13)15/h5-11,16,18H,3-4,12H2,1-2H3,(H,22,24)(H,25,26)/t16-,18+/m0/s1. The monoisotopic (exact) mass is 401 g/mol. The lowest BCUT2D eigenvalue weighted by Crippen LogP contribution is -2.49. The van der Waals surface area contributed by atoms with Crippen molar-refractivity contribution in [2.75, 3.05) is 13.2 Å². The molecule has 2 aromatic rings. The molecule has 154 valence electrons. The molecule has 2 atom stereocenters. The van der Waals surface area contributed by atoms with Crippen LogP contribution in [-0.2, 0) is 23.9 Å². The average molecular weight is 401 g/mol. The van der Waals surface area contributed by atoms with Gasteiger partial charge in [0.2, 0.25) is 0 Å². The number of carbonyl (C=O) groups is 4. The van der Waals surface area contributed by atoms with Crippen LogP contribution >= 0.6 is 0 Å². The van der Waals surface area contributed by atoms with Gasteiger partial charge in [0.25, 0.3) is 5.91 Å². The van der Waals surface area contributed by atoms with E-state index in [1.54, 1.807) is 38.1 Å². The maximum absolute atomic E-state index is 12.8. The zero-order valence-electron chi connectivity index (χ0n) is 16.2. The molecular weight excluding hydrogens is 378 g/mol. The number of fused-ring (bicyclic) bond motifs is 1. The number of ether oxygens (including phenoxy) is 2. The number of rotatable bonds is 9. The molecule has 0 aromatic heterocycles. The van der Waals surface area contributed by atoms with Gasteiger partial charge in [-0.05, 0) is 30.7 Å². The lowest BCUT2D eigenvalue weighted by Gasteiger charge is -2.23. The normalized spacial score (nSPS) is 12.6. The van der Waals surface area contributed by atoms with Crippen molar-refractivity contribution in [1.82, 2.24) is 5.32 Å². The molecule has 0 bridgehead atoms. The van der Waals surface area contributed by atoms with Gasteiger partial charge in [-0.15, -0.1) is 0 Å². The summed E-state index contributed by atoms with van der Waals surface area (Å²) in [4.78, 5) is 48.9. The first-order valence-corrected chi connectivity index (χ1v) is 9.22. The van der Waals surface area contributed by atoms with E-state index in [-0.39, 0.29) is 18.8 Å². The molecule has 1 amide bonds. The first-order chi connectivity index (χ1) is 13.9. The molecule has 0 spiro atoms. The lowest BCUT2D eigenvalue weighted by atomic mass is 9.95. The first-order valence-electron chi connectivity index (χ1n) is 9.22. The topological polar surface area (TPSA) is 119 Å². The average Bonchev–Trinajstić information content (AvgIpc) is 2.70. The van der Waals surface area contributed by atoms with Crippen LogP contribution in [0.15, 0.2) is 42.5 Å². The molecule has 8 nitrogen and oxygen atoms in total. The van der Waals surface area contributed by atoms with Gasteiger partial charge in [-0.1, -0.05) is 36.4 Å². The Bertz CT molecular complexity index is 904. The van der Waals surface area contributed by atoms with E-state index < -0.39 is 42.2 Å². The highest BCUT2D eigenvalue weighted by Gasteiger charge is 2.38. The van der Waals surface area contributed by atoms with Crippen LogP contribution in [0.5, 0.6) is 0 Å². The van der Waals surface area contributed by atoms with E-state index in [9.17, 15) is 24.3 Å². The number of hydrogen-bond acceptors (Lipinski definition) is 6. The molecule has 0 aliphatic carbocycles. The van der Waals surface area contributed by atoms with Gasteiger partial charge in [0.15, 0.2) is 0 Å². The van der Waals surface area contributed by atoms with Crippen LogP contribution in [0.25, 0.3) is 10.8 Å². The number of benzene rings is 2. The van der Waals surface area contributed by atoms with E-state index in [1.807, 2.05) is 18.2 Å². The van der Waals surface area contributed by atoms with Crippen molar-refractivity contribution in [3.05, 3.63) is 48.0 Å². The van der Waals surface area contributed by atoms with Crippen LogP contribution in [0, 0.1) is 5.92 Å². The number of aliphatic carboxylic acids is 1. The van der Waals surface area contributed by atoms with E-state index in [0.717, 1.165) is 5.39 Å². The number of esters is 2. The number of nitrogens with one attached hydrogen (secondary N) is 1. The van der Waals surface area contributed by atoms with Gasteiger partial charge in [-0.3, -0.25) is 14.4 Å². The summed E-state index contributed by atoms with van der Waals surface area (Å²) in [6.45, 7) is 3.23. The maximum atomic E-state index is 12.8. The number of carbonyl (C=O) groups excluding carboxylic acids is 3. The highest BCUT2D eigenvalue weighted by atomic mass is 16.5. The van der Waals surface area contributed by atoms with Crippen molar-refractivity contribution in [3.63, 3.8) is 0 Å². The highest BCUT2D eigenvalue weighted by Crippen LogP contribution is 2.20. The van der Waals surface area contributed by atoms with Gasteiger partial charge in [0.1, 0.15) is 6.04 Å². The molecule has 0 saturated heterocycles. The zero-order chi connectivity index (χ0) is 21.4. The van der Waals surface area contributed by atoms with Crippen LogP contribution in [0.4, 0.5) is 0 Å². The lowest BCUT2D eigenvalue weighted by molar-refractivity contribution is -0.159. The van der Waals surface area contributed by atoms with Crippen LogP contribution in [0.1, 0.15) is 30.6 Å². The predicted octanol–water partition coefficient (Wildman–Crippen LogP) is 2.16. The third kappa shape index (κ3) is 5.54. The molecule has 0 fully saturated rings. The Morgan fingerprint density at radius 2 is 1.62 bits per heavy atom. The third-order valence-corrected chi connectivity index (χ3v) is 4.27. The second-order valence-electron chi connectivity index (χ2n) is 6.18. The minimum absolute atomic E-state index is 0.00175. The second-order valence-corrected chi connectivity index (χ2v) is 6.18. The van der Waals surface area contributed by atoms with Gasteiger partial charge in [0.05, 0.1) is 25.6 Å². The number of amides is 1. The minimum Gasteiger partial charge on any atom is -0.480 e. The molecule has 2 N–H and O–H groups in total. The molecule has 2 rings (SSSR count). The van der Waals surface area contributed by atoms with Crippen LogP contribution in [-0.4, -0.2) is 48.2 Å². The van der Waals surface area contributed by atoms with Crippen LogP contribution < -0.4 is 5.32 Å². The van der Waals surface area contributed by atoms with Crippen LogP contribution in [0.2, 0.25) is 0 Å². The van der Waals surface area contributed by atoms with Gasteiger partial charge in [-0.2, -0.15) is 0 Å². The number of carboxylic acids is 1. The predicted molar refractivity (Wildman–Crippen MR) is 104 cm³/mol. The smallest absolute Gasteiger partial charge is 0.327 e. The first kappa shape index (κ1) is 21.9. The Hall–Kier alpha value is -3.42. The molecule has 2 aromatic carbocycles. The molecule has 8 heteroatoms. The van der Waals surface area contributed by atoms with E-state index in [1.165, 1.54) is 0 Å². The molecule has 0 aliphatic rings. The van der Waals surface area contributed by atoms with Crippen molar-refractivity contribution < 1.29 is 33.8 Å². The Labute approximate surface area is 167 Å². The summed E-state index contributed by atoms with van der Waals surface area (Å²) in [6, 6.07) is 10.5.